The summed E-state index contributed by atoms with van der Waals surface area (Å²) in [5.74, 6) is 3.02. The average molecular weight is 260 g/mol. The normalized spacial score (nSPS) is 39.9. The minimum Gasteiger partial charge on any atom is -0.330 e. The summed E-state index contributed by atoms with van der Waals surface area (Å²) in [7, 11) is 0. The smallest absolute Gasteiger partial charge is 0.0725 e. The van der Waals surface area contributed by atoms with Gasteiger partial charge in [0.2, 0.25) is 0 Å². The molecule has 4 nitrogen and oxygen atoms in total. The maximum atomic E-state index is 5.68. The van der Waals surface area contributed by atoms with Crippen LogP contribution in [0.3, 0.4) is 0 Å². The Labute approximate surface area is 114 Å². The number of aromatic nitrogens is 3. The molecule has 0 spiro atoms. The molecule has 0 aromatic carbocycles. The SMILES string of the molecule is NCCc1cnnn1CC12CC3CC(CC(C3)C1)C2. The minimum absolute atomic E-state index is 0.534. The third-order valence-corrected chi connectivity index (χ3v) is 5.75. The molecule has 0 saturated heterocycles. The van der Waals surface area contributed by atoms with Crippen molar-refractivity contribution in [2.24, 2.45) is 28.9 Å². The zero-order valence-electron chi connectivity index (χ0n) is 11.6. The highest BCUT2D eigenvalue weighted by molar-refractivity contribution is 5.03. The molecule has 1 aromatic heterocycles. The lowest BCUT2D eigenvalue weighted by molar-refractivity contribution is -0.0641. The van der Waals surface area contributed by atoms with Crippen molar-refractivity contribution in [3.05, 3.63) is 11.9 Å². The highest BCUT2D eigenvalue weighted by Crippen LogP contribution is 2.60. The molecule has 4 fully saturated rings. The fourth-order valence-electron chi connectivity index (χ4n) is 5.55. The van der Waals surface area contributed by atoms with Crippen molar-refractivity contribution in [3.8, 4) is 0 Å². The van der Waals surface area contributed by atoms with Crippen molar-refractivity contribution in [2.45, 2.75) is 51.5 Å². The predicted molar refractivity (Wildman–Crippen MR) is 73.4 cm³/mol. The monoisotopic (exact) mass is 260 g/mol. The quantitative estimate of drug-likeness (QED) is 0.900. The molecule has 0 radical (unpaired) electrons. The Morgan fingerprint density at radius 3 is 2.37 bits per heavy atom. The molecule has 4 saturated carbocycles. The van der Waals surface area contributed by atoms with E-state index < -0.39 is 0 Å². The van der Waals surface area contributed by atoms with Crippen LogP contribution in [0.1, 0.15) is 44.2 Å². The lowest BCUT2D eigenvalue weighted by Crippen LogP contribution is -2.48. The zero-order chi connectivity index (χ0) is 12.9. The topological polar surface area (TPSA) is 56.7 Å². The van der Waals surface area contributed by atoms with Gasteiger partial charge in [0.1, 0.15) is 0 Å². The van der Waals surface area contributed by atoms with Crippen LogP contribution in [0.25, 0.3) is 0 Å². The third-order valence-electron chi connectivity index (χ3n) is 5.75. The van der Waals surface area contributed by atoms with Crippen LogP contribution in [0.15, 0.2) is 6.20 Å². The van der Waals surface area contributed by atoms with Crippen molar-refractivity contribution in [1.29, 1.82) is 0 Å². The first-order valence-electron chi connectivity index (χ1n) is 7.84. The van der Waals surface area contributed by atoms with Crippen LogP contribution in [-0.2, 0) is 13.0 Å². The van der Waals surface area contributed by atoms with Gasteiger partial charge in [-0.1, -0.05) is 5.21 Å². The van der Waals surface area contributed by atoms with Gasteiger partial charge < -0.3 is 5.73 Å². The fourth-order valence-corrected chi connectivity index (χ4v) is 5.55. The summed E-state index contributed by atoms with van der Waals surface area (Å²) in [5, 5.41) is 8.42. The van der Waals surface area contributed by atoms with E-state index in [0.29, 0.717) is 12.0 Å². The Balaban J connectivity index is 1.57. The van der Waals surface area contributed by atoms with Crippen LogP contribution in [0.4, 0.5) is 0 Å². The molecule has 1 heterocycles. The first kappa shape index (κ1) is 11.9. The summed E-state index contributed by atoms with van der Waals surface area (Å²) in [6.45, 7) is 1.78. The van der Waals surface area contributed by atoms with E-state index in [4.69, 9.17) is 5.73 Å². The van der Waals surface area contributed by atoms with E-state index in [1.54, 1.807) is 0 Å². The van der Waals surface area contributed by atoms with E-state index in [1.807, 2.05) is 6.20 Å². The van der Waals surface area contributed by atoms with Gasteiger partial charge in [-0.3, -0.25) is 0 Å². The molecule has 0 atom stereocenters. The minimum atomic E-state index is 0.534. The standard InChI is InChI=1S/C15H24N4/c16-2-1-14-9-17-18-19(14)10-15-6-11-3-12(7-15)5-13(4-11)8-15/h9,11-13H,1-8,10,16H2. The van der Waals surface area contributed by atoms with Gasteiger partial charge in [-0.05, 0) is 68.2 Å². The van der Waals surface area contributed by atoms with Gasteiger partial charge in [0.15, 0.2) is 0 Å². The van der Waals surface area contributed by atoms with Crippen molar-refractivity contribution in [1.82, 2.24) is 15.0 Å². The second-order valence-electron chi connectivity index (χ2n) is 7.34. The van der Waals surface area contributed by atoms with Gasteiger partial charge in [-0.2, -0.15) is 0 Å². The molecule has 2 N–H and O–H groups in total. The van der Waals surface area contributed by atoms with E-state index in [-0.39, 0.29) is 0 Å². The van der Waals surface area contributed by atoms with Gasteiger partial charge in [0.25, 0.3) is 0 Å². The second-order valence-corrected chi connectivity index (χ2v) is 7.34. The second kappa shape index (κ2) is 4.30. The average Bonchev–Trinajstić information content (AvgIpc) is 2.74. The molecule has 4 bridgehead atoms. The summed E-state index contributed by atoms with van der Waals surface area (Å²) < 4.78 is 2.15. The molecule has 1 aromatic rings. The van der Waals surface area contributed by atoms with Crippen LogP contribution in [0.2, 0.25) is 0 Å². The van der Waals surface area contributed by atoms with Crippen LogP contribution < -0.4 is 5.73 Å². The van der Waals surface area contributed by atoms with Gasteiger partial charge in [0.05, 0.1) is 11.9 Å². The number of hydrogen-bond donors (Lipinski definition) is 1. The molecule has 4 heteroatoms. The molecule has 4 aliphatic rings. The number of hydrogen-bond acceptors (Lipinski definition) is 3. The predicted octanol–water partition coefficient (Wildman–Crippen LogP) is 2.00. The third kappa shape index (κ3) is 2.00. The first-order chi connectivity index (χ1) is 9.26. The van der Waals surface area contributed by atoms with E-state index in [0.717, 1.165) is 30.7 Å². The van der Waals surface area contributed by atoms with Gasteiger partial charge in [0, 0.05) is 13.0 Å². The molecule has 0 unspecified atom stereocenters. The first-order valence-corrected chi connectivity index (χ1v) is 7.84. The van der Waals surface area contributed by atoms with Crippen molar-refractivity contribution < 1.29 is 0 Å². The maximum absolute atomic E-state index is 5.68. The van der Waals surface area contributed by atoms with E-state index >= 15 is 0 Å². The highest BCUT2D eigenvalue weighted by atomic mass is 15.4. The van der Waals surface area contributed by atoms with Crippen LogP contribution in [0.5, 0.6) is 0 Å². The summed E-state index contributed by atoms with van der Waals surface area (Å²) >= 11 is 0. The molecular weight excluding hydrogens is 236 g/mol. The van der Waals surface area contributed by atoms with Crippen molar-refractivity contribution >= 4 is 0 Å². The van der Waals surface area contributed by atoms with Crippen LogP contribution in [-0.4, -0.2) is 21.5 Å². The highest BCUT2D eigenvalue weighted by Gasteiger charge is 2.51. The van der Waals surface area contributed by atoms with E-state index in [1.165, 1.54) is 44.2 Å². The van der Waals surface area contributed by atoms with E-state index in [9.17, 15) is 0 Å². The molecule has 19 heavy (non-hydrogen) atoms. The molecule has 5 rings (SSSR count). The molecule has 104 valence electrons. The lowest BCUT2D eigenvalue weighted by atomic mass is 9.49. The van der Waals surface area contributed by atoms with Crippen LogP contribution >= 0.6 is 0 Å². The summed E-state index contributed by atoms with van der Waals surface area (Å²) in [6, 6.07) is 0. The Bertz CT molecular complexity index is 429. The van der Waals surface area contributed by atoms with Crippen molar-refractivity contribution in [3.63, 3.8) is 0 Å². The number of nitrogens with two attached hydrogens (primary N) is 1. The van der Waals surface area contributed by atoms with E-state index in [2.05, 4.69) is 15.0 Å². The van der Waals surface area contributed by atoms with Crippen LogP contribution in [0, 0.1) is 23.2 Å². The number of nitrogens with zero attached hydrogens (tertiary/aromatic N) is 3. The Morgan fingerprint density at radius 2 is 1.79 bits per heavy atom. The Hall–Kier alpha value is -0.900. The Morgan fingerprint density at radius 1 is 1.16 bits per heavy atom. The summed E-state index contributed by atoms with van der Waals surface area (Å²) in [5.41, 5.74) is 7.43. The van der Waals surface area contributed by atoms with Crippen molar-refractivity contribution in [2.75, 3.05) is 6.54 Å². The maximum Gasteiger partial charge on any atom is 0.0725 e. The van der Waals surface area contributed by atoms with Gasteiger partial charge in [-0.25, -0.2) is 4.68 Å². The summed E-state index contributed by atoms with van der Waals surface area (Å²) in [6.07, 6.45) is 11.6. The molecule has 0 amide bonds. The lowest BCUT2D eigenvalue weighted by Gasteiger charge is -2.56. The fraction of sp³-hybridized carbons (Fsp3) is 0.867. The number of rotatable bonds is 4. The molecule has 0 aliphatic heterocycles. The van der Waals surface area contributed by atoms with Gasteiger partial charge in [-0.15, -0.1) is 5.10 Å². The molecule has 4 aliphatic carbocycles. The molecular formula is C15H24N4. The summed E-state index contributed by atoms with van der Waals surface area (Å²) in [4.78, 5) is 0. The zero-order valence-corrected chi connectivity index (χ0v) is 11.6. The largest absolute Gasteiger partial charge is 0.330 e. The Kier molecular flexibility index (Phi) is 2.69. The van der Waals surface area contributed by atoms with Gasteiger partial charge >= 0.3 is 0 Å².